The molecule has 0 radical (unpaired) electrons. The van der Waals surface area contributed by atoms with Gasteiger partial charge in [0.1, 0.15) is 0 Å². The molecule has 2 aromatic rings. The zero-order valence-electron chi connectivity index (χ0n) is 6.92. The Morgan fingerprint density at radius 3 is 2.85 bits per heavy atom. The number of aromatic nitrogens is 2. The van der Waals surface area contributed by atoms with Gasteiger partial charge < -0.3 is 9.97 Å². The average Bonchev–Trinajstić information content (AvgIpc) is 2.44. The maximum absolute atomic E-state index is 10.9. The molecular weight excluding hydrogens is 168 g/mol. The third-order valence-corrected chi connectivity index (χ3v) is 1.89. The largest absolute Gasteiger partial charge is 0.323 e. The second-order valence-electron chi connectivity index (χ2n) is 2.84. The molecule has 0 aliphatic heterocycles. The number of aromatic amines is 2. The van der Waals surface area contributed by atoms with Crippen LogP contribution >= 0.6 is 0 Å². The lowest BCUT2D eigenvalue weighted by Crippen LogP contribution is -2.20. The summed E-state index contributed by atoms with van der Waals surface area (Å²) in [6.45, 7) is 0.586. The third-order valence-electron chi connectivity index (χ3n) is 1.89. The van der Waals surface area contributed by atoms with E-state index in [1.165, 1.54) is 0 Å². The number of hydrogen-bond acceptors (Lipinski definition) is 3. The van der Waals surface area contributed by atoms with Crippen LogP contribution in [0.4, 0.5) is 0 Å². The van der Waals surface area contributed by atoms with Crippen LogP contribution in [-0.2, 0) is 6.54 Å². The van der Waals surface area contributed by atoms with Crippen molar-refractivity contribution < 1.29 is 0 Å². The summed E-state index contributed by atoms with van der Waals surface area (Å²) in [5.74, 6) is 5.18. The molecule has 0 unspecified atom stereocenters. The summed E-state index contributed by atoms with van der Waals surface area (Å²) in [5.41, 5.74) is 5.01. The van der Waals surface area contributed by atoms with Crippen LogP contribution in [0.25, 0.3) is 11.0 Å². The molecule has 1 aromatic heterocycles. The topological polar surface area (TPSA) is 86.7 Å². The smallest absolute Gasteiger partial charge is 0.306 e. The Balaban J connectivity index is 2.54. The number of nitrogens with two attached hydrogens (primary N) is 1. The fourth-order valence-electron chi connectivity index (χ4n) is 1.31. The summed E-state index contributed by atoms with van der Waals surface area (Å²) in [7, 11) is 0. The molecular formula is C8H10N4O. The van der Waals surface area contributed by atoms with Gasteiger partial charge in [0.15, 0.2) is 0 Å². The van der Waals surface area contributed by atoms with Crippen molar-refractivity contribution in [2.24, 2.45) is 5.84 Å². The number of rotatable bonds is 2. The molecule has 0 spiro atoms. The van der Waals surface area contributed by atoms with Crippen LogP contribution in [0.5, 0.6) is 0 Å². The number of hydrogen-bond donors (Lipinski definition) is 4. The molecule has 5 N–H and O–H groups in total. The van der Waals surface area contributed by atoms with Gasteiger partial charge in [-0.3, -0.25) is 11.3 Å². The first-order valence-electron chi connectivity index (χ1n) is 3.94. The molecule has 0 fully saturated rings. The maximum atomic E-state index is 10.9. The zero-order chi connectivity index (χ0) is 9.26. The minimum Gasteiger partial charge on any atom is -0.306 e. The number of imidazole rings is 1. The standard InChI is InChI=1S/C8H10N4O/c9-10-4-5-1-2-6-7(3-5)12-8(13)11-6/h1-3,10H,4,9H2,(H2,11,12,13). The molecule has 2 rings (SSSR count). The van der Waals surface area contributed by atoms with E-state index in [1.807, 2.05) is 18.2 Å². The number of nitrogens with one attached hydrogen (secondary N) is 3. The number of H-pyrrole nitrogens is 2. The fourth-order valence-corrected chi connectivity index (χ4v) is 1.31. The molecule has 13 heavy (non-hydrogen) atoms. The summed E-state index contributed by atoms with van der Waals surface area (Å²) in [6.07, 6.45) is 0. The highest BCUT2D eigenvalue weighted by atomic mass is 16.1. The SMILES string of the molecule is NNCc1ccc2[nH]c(=O)[nH]c2c1. The summed E-state index contributed by atoms with van der Waals surface area (Å²) in [4.78, 5) is 16.2. The minimum absolute atomic E-state index is 0.187. The van der Waals surface area contributed by atoms with E-state index in [9.17, 15) is 4.79 Å². The van der Waals surface area contributed by atoms with Crippen molar-refractivity contribution in [3.8, 4) is 0 Å². The molecule has 0 saturated heterocycles. The van der Waals surface area contributed by atoms with Crippen molar-refractivity contribution in [3.63, 3.8) is 0 Å². The first kappa shape index (κ1) is 8.03. The predicted molar refractivity (Wildman–Crippen MR) is 49.9 cm³/mol. The summed E-state index contributed by atoms with van der Waals surface area (Å²) >= 11 is 0. The predicted octanol–water partition coefficient (Wildman–Crippen LogP) is -0.181. The Morgan fingerprint density at radius 1 is 1.31 bits per heavy atom. The van der Waals surface area contributed by atoms with E-state index in [-0.39, 0.29) is 5.69 Å². The molecule has 0 aliphatic carbocycles. The minimum atomic E-state index is -0.187. The maximum Gasteiger partial charge on any atom is 0.323 e. The van der Waals surface area contributed by atoms with Gasteiger partial charge in [0.05, 0.1) is 11.0 Å². The molecule has 0 saturated carbocycles. The summed E-state index contributed by atoms with van der Waals surface area (Å²) < 4.78 is 0. The first-order valence-corrected chi connectivity index (χ1v) is 3.94. The van der Waals surface area contributed by atoms with E-state index < -0.39 is 0 Å². The van der Waals surface area contributed by atoms with Crippen molar-refractivity contribution >= 4 is 11.0 Å². The Kier molecular flexibility index (Phi) is 1.88. The van der Waals surface area contributed by atoms with Gasteiger partial charge in [-0.2, -0.15) is 0 Å². The Labute approximate surface area is 73.9 Å². The van der Waals surface area contributed by atoms with Crippen molar-refractivity contribution in [3.05, 3.63) is 34.2 Å². The highest BCUT2D eigenvalue weighted by molar-refractivity contribution is 5.74. The molecule has 0 atom stereocenters. The van der Waals surface area contributed by atoms with E-state index in [4.69, 9.17) is 5.84 Å². The first-order chi connectivity index (χ1) is 6.29. The van der Waals surface area contributed by atoms with Gasteiger partial charge in [-0.05, 0) is 17.7 Å². The van der Waals surface area contributed by atoms with Crippen molar-refractivity contribution in [1.82, 2.24) is 15.4 Å². The normalized spacial score (nSPS) is 10.8. The van der Waals surface area contributed by atoms with E-state index in [2.05, 4.69) is 15.4 Å². The molecule has 0 amide bonds. The van der Waals surface area contributed by atoms with Crippen molar-refractivity contribution in [2.75, 3.05) is 0 Å². The Hall–Kier alpha value is -1.59. The van der Waals surface area contributed by atoms with Gasteiger partial charge in [0.2, 0.25) is 0 Å². The highest BCUT2D eigenvalue weighted by Crippen LogP contribution is 2.09. The lowest BCUT2D eigenvalue weighted by molar-refractivity contribution is 0.742. The second kappa shape index (κ2) is 3.04. The Morgan fingerprint density at radius 2 is 2.08 bits per heavy atom. The van der Waals surface area contributed by atoms with Crippen LogP contribution in [-0.4, -0.2) is 9.97 Å². The molecule has 0 bridgehead atoms. The molecule has 1 aromatic carbocycles. The van der Waals surface area contributed by atoms with E-state index >= 15 is 0 Å². The van der Waals surface area contributed by atoms with Gasteiger partial charge in [0.25, 0.3) is 0 Å². The lowest BCUT2D eigenvalue weighted by atomic mass is 10.2. The third kappa shape index (κ3) is 1.47. The van der Waals surface area contributed by atoms with Gasteiger partial charge in [-0.1, -0.05) is 6.07 Å². The quantitative estimate of drug-likeness (QED) is 0.380. The fraction of sp³-hybridized carbons (Fsp3) is 0.125. The van der Waals surface area contributed by atoms with Crippen LogP contribution < -0.4 is 17.0 Å². The van der Waals surface area contributed by atoms with Gasteiger partial charge in [0, 0.05) is 6.54 Å². The number of hydrazine groups is 1. The van der Waals surface area contributed by atoms with Crippen LogP contribution in [0.1, 0.15) is 5.56 Å². The van der Waals surface area contributed by atoms with Crippen LogP contribution in [0.2, 0.25) is 0 Å². The van der Waals surface area contributed by atoms with E-state index in [1.54, 1.807) is 0 Å². The highest BCUT2D eigenvalue weighted by Gasteiger charge is 1.98. The second-order valence-corrected chi connectivity index (χ2v) is 2.84. The van der Waals surface area contributed by atoms with Crippen molar-refractivity contribution in [2.45, 2.75) is 6.54 Å². The van der Waals surface area contributed by atoms with Crippen LogP contribution in [0.3, 0.4) is 0 Å². The molecule has 5 heteroatoms. The Bertz CT molecular complexity index is 470. The van der Waals surface area contributed by atoms with Crippen LogP contribution in [0, 0.1) is 0 Å². The van der Waals surface area contributed by atoms with Crippen LogP contribution in [0.15, 0.2) is 23.0 Å². The molecule has 1 heterocycles. The van der Waals surface area contributed by atoms with Gasteiger partial charge >= 0.3 is 5.69 Å². The lowest BCUT2D eigenvalue weighted by Gasteiger charge is -1.98. The molecule has 5 nitrogen and oxygen atoms in total. The zero-order valence-corrected chi connectivity index (χ0v) is 6.92. The number of benzene rings is 1. The van der Waals surface area contributed by atoms with E-state index in [0.29, 0.717) is 6.54 Å². The van der Waals surface area contributed by atoms with Gasteiger partial charge in [-0.25, -0.2) is 4.79 Å². The van der Waals surface area contributed by atoms with Crippen molar-refractivity contribution in [1.29, 1.82) is 0 Å². The average molecular weight is 178 g/mol. The van der Waals surface area contributed by atoms with E-state index in [0.717, 1.165) is 16.6 Å². The summed E-state index contributed by atoms with van der Waals surface area (Å²) in [6, 6.07) is 5.64. The summed E-state index contributed by atoms with van der Waals surface area (Å²) in [5, 5.41) is 0. The molecule has 68 valence electrons. The number of fused-ring (bicyclic) bond motifs is 1. The van der Waals surface area contributed by atoms with Gasteiger partial charge in [-0.15, -0.1) is 0 Å². The molecule has 0 aliphatic rings. The monoisotopic (exact) mass is 178 g/mol.